The van der Waals surface area contributed by atoms with Crippen molar-refractivity contribution in [1.82, 2.24) is 19.7 Å². The van der Waals surface area contributed by atoms with Crippen molar-refractivity contribution in [3.8, 4) is 0 Å². The summed E-state index contributed by atoms with van der Waals surface area (Å²) in [6, 6.07) is 4.92. The fourth-order valence-electron chi connectivity index (χ4n) is 2.90. The van der Waals surface area contributed by atoms with Gasteiger partial charge < -0.3 is 9.88 Å². The van der Waals surface area contributed by atoms with Crippen molar-refractivity contribution in [3.05, 3.63) is 52.7 Å². The predicted molar refractivity (Wildman–Crippen MR) is 82.5 cm³/mol. The number of carbonyl (C=O) groups is 1. The number of aromatic amines is 1. The maximum absolute atomic E-state index is 12.4. The third-order valence-corrected chi connectivity index (χ3v) is 4.26. The lowest BCUT2D eigenvalue weighted by Crippen LogP contribution is -2.38. The van der Waals surface area contributed by atoms with Gasteiger partial charge in [0, 0.05) is 44.3 Å². The van der Waals surface area contributed by atoms with E-state index in [0.717, 1.165) is 38.9 Å². The minimum atomic E-state index is -0.186. The van der Waals surface area contributed by atoms with E-state index >= 15 is 0 Å². The topological polar surface area (TPSA) is 71.0 Å². The summed E-state index contributed by atoms with van der Waals surface area (Å²) >= 11 is 0. The summed E-state index contributed by atoms with van der Waals surface area (Å²) in [4.78, 5) is 27.8. The molecule has 3 rings (SSSR count). The molecule has 116 valence electrons. The molecule has 1 amide bonds. The number of H-pyrrole nitrogens is 1. The Labute approximate surface area is 128 Å². The van der Waals surface area contributed by atoms with E-state index in [0.29, 0.717) is 11.5 Å². The predicted octanol–water partition coefficient (Wildman–Crippen LogP) is 1.51. The van der Waals surface area contributed by atoms with Crippen molar-refractivity contribution in [2.45, 2.75) is 25.8 Å². The molecule has 6 heteroatoms. The molecule has 0 atom stereocenters. The number of rotatable bonds is 4. The van der Waals surface area contributed by atoms with Crippen molar-refractivity contribution in [3.63, 3.8) is 0 Å². The Morgan fingerprint density at radius 3 is 2.77 bits per heavy atom. The van der Waals surface area contributed by atoms with Crippen molar-refractivity contribution < 1.29 is 4.79 Å². The zero-order valence-electron chi connectivity index (χ0n) is 12.4. The number of hydrogen-bond acceptors (Lipinski definition) is 3. The molecule has 1 saturated heterocycles. The van der Waals surface area contributed by atoms with Crippen molar-refractivity contribution in [1.29, 1.82) is 0 Å². The molecule has 0 saturated carbocycles. The molecule has 0 spiro atoms. The van der Waals surface area contributed by atoms with Crippen LogP contribution in [-0.2, 0) is 6.54 Å². The summed E-state index contributed by atoms with van der Waals surface area (Å²) in [5.41, 5.74) is 0.364. The minimum absolute atomic E-state index is 0.00164. The first kappa shape index (κ1) is 14.6. The Morgan fingerprint density at radius 1 is 1.32 bits per heavy atom. The zero-order chi connectivity index (χ0) is 15.4. The molecule has 2 aromatic rings. The summed E-state index contributed by atoms with van der Waals surface area (Å²) in [7, 11) is 0. The third-order valence-electron chi connectivity index (χ3n) is 4.26. The van der Waals surface area contributed by atoms with Crippen molar-refractivity contribution in [2.24, 2.45) is 5.92 Å². The number of aryl methyl sites for hydroxylation is 1. The average Bonchev–Trinajstić information content (AvgIpc) is 3.07. The molecular formula is C16H20N4O2. The molecule has 1 aliphatic rings. The maximum atomic E-state index is 12.4. The number of carbonyl (C=O) groups excluding carboxylic acids is 1. The molecule has 1 aliphatic heterocycles. The van der Waals surface area contributed by atoms with Gasteiger partial charge in [0.15, 0.2) is 0 Å². The van der Waals surface area contributed by atoms with Gasteiger partial charge in [-0.3, -0.25) is 14.3 Å². The van der Waals surface area contributed by atoms with Crippen LogP contribution in [0.25, 0.3) is 0 Å². The van der Waals surface area contributed by atoms with Gasteiger partial charge in [0.05, 0.1) is 5.56 Å². The molecule has 6 nitrogen and oxygen atoms in total. The second-order valence-corrected chi connectivity index (χ2v) is 5.73. The normalized spacial score (nSPS) is 15.9. The first-order chi connectivity index (χ1) is 10.7. The highest BCUT2D eigenvalue weighted by Gasteiger charge is 2.23. The number of nitrogens with one attached hydrogen (secondary N) is 1. The number of hydrogen-bond donors (Lipinski definition) is 1. The molecule has 1 fully saturated rings. The Balaban J connectivity index is 1.49. The summed E-state index contributed by atoms with van der Waals surface area (Å²) in [5, 5.41) is 4.21. The molecule has 3 heterocycles. The summed E-state index contributed by atoms with van der Waals surface area (Å²) in [6.07, 6.45) is 8.42. The second kappa shape index (κ2) is 6.60. The first-order valence-electron chi connectivity index (χ1n) is 7.68. The molecule has 0 radical (unpaired) electrons. The number of nitrogens with zero attached hydrogens (tertiary/aromatic N) is 3. The fraction of sp³-hybridized carbons (Fsp3) is 0.438. The Morgan fingerprint density at radius 2 is 2.14 bits per heavy atom. The van der Waals surface area contributed by atoms with Gasteiger partial charge in [-0.15, -0.1) is 0 Å². The van der Waals surface area contributed by atoms with Crippen molar-refractivity contribution >= 4 is 5.91 Å². The van der Waals surface area contributed by atoms with Crippen molar-refractivity contribution in [2.75, 3.05) is 13.1 Å². The van der Waals surface area contributed by atoms with E-state index in [1.165, 1.54) is 12.3 Å². The molecule has 22 heavy (non-hydrogen) atoms. The van der Waals surface area contributed by atoms with Crippen LogP contribution in [0.5, 0.6) is 0 Å². The maximum Gasteiger partial charge on any atom is 0.255 e. The van der Waals surface area contributed by atoms with Gasteiger partial charge in [-0.2, -0.15) is 5.10 Å². The summed E-state index contributed by atoms with van der Waals surface area (Å²) in [6.45, 7) is 2.50. The monoisotopic (exact) mass is 300 g/mol. The van der Waals surface area contributed by atoms with E-state index in [1.54, 1.807) is 12.3 Å². The van der Waals surface area contributed by atoms with Gasteiger partial charge in [-0.05, 0) is 37.3 Å². The largest absolute Gasteiger partial charge is 0.339 e. The second-order valence-electron chi connectivity index (χ2n) is 5.73. The lowest BCUT2D eigenvalue weighted by Gasteiger charge is -2.32. The fourth-order valence-corrected chi connectivity index (χ4v) is 2.90. The van der Waals surface area contributed by atoms with E-state index in [4.69, 9.17) is 0 Å². The van der Waals surface area contributed by atoms with Crippen LogP contribution in [-0.4, -0.2) is 38.7 Å². The molecule has 0 unspecified atom stereocenters. The number of aromatic nitrogens is 3. The number of pyridine rings is 1. The quantitative estimate of drug-likeness (QED) is 0.930. The standard InChI is InChI=1S/C16H20N4O2/c21-15-3-2-14(12-17-15)16(22)19-9-4-13(5-10-19)6-11-20-8-1-7-18-20/h1-3,7-8,12-13H,4-6,9-11H2,(H,17,21). The van der Waals surface area contributed by atoms with Gasteiger partial charge in [0.25, 0.3) is 5.91 Å². The summed E-state index contributed by atoms with van der Waals surface area (Å²) in [5.74, 6) is 0.644. The Hall–Kier alpha value is -2.37. The smallest absolute Gasteiger partial charge is 0.255 e. The van der Waals surface area contributed by atoms with Gasteiger partial charge in [-0.1, -0.05) is 0 Å². The van der Waals surface area contributed by atoms with Crippen LogP contribution in [0.2, 0.25) is 0 Å². The lowest BCUT2D eigenvalue weighted by atomic mass is 9.93. The van der Waals surface area contributed by atoms with Gasteiger partial charge in [-0.25, -0.2) is 0 Å². The molecule has 2 aromatic heterocycles. The molecule has 1 N–H and O–H groups in total. The molecule has 0 bridgehead atoms. The Kier molecular flexibility index (Phi) is 4.37. The summed E-state index contributed by atoms with van der Waals surface area (Å²) < 4.78 is 1.96. The lowest BCUT2D eigenvalue weighted by molar-refractivity contribution is 0.0684. The van der Waals surface area contributed by atoms with Crippen LogP contribution in [0, 0.1) is 5.92 Å². The van der Waals surface area contributed by atoms with Crippen LogP contribution in [0.4, 0.5) is 0 Å². The van der Waals surface area contributed by atoms with Crippen LogP contribution in [0.15, 0.2) is 41.6 Å². The van der Waals surface area contributed by atoms with E-state index < -0.39 is 0 Å². The molecule has 0 aliphatic carbocycles. The van der Waals surface area contributed by atoms with E-state index in [9.17, 15) is 9.59 Å². The van der Waals surface area contributed by atoms with Crippen LogP contribution < -0.4 is 5.56 Å². The SMILES string of the molecule is O=C(c1ccc(=O)[nH]c1)N1CCC(CCn2cccn2)CC1. The highest BCUT2D eigenvalue weighted by Crippen LogP contribution is 2.22. The van der Waals surface area contributed by atoms with Crippen LogP contribution >= 0.6 is 0 Å². The van der Waals surface area contributed by atoms with Gasteiger partial charge in [0.1, 0.15) is 0 Å². The van der Waals surface area contributed by atoms with Gasteiger partial charge in [0.2, 0.25) is 5.56 Å². The van der Waals surface area contributed by atoms with E-state index in [1.807, 2.05) is 21.8 Å². The number of likely N-dealkylation sites (tertiary alicyclic amines) is 1. The average molecular weight is 300 g/mol. The van der Waals surface area contributed by atoms with Crippen LogP contribution in [0.3, 0.4) is 0 Å². The highest BCUT2D eigenvalue weighted by atomic mass is 16.2. The molecular weight excluding hydrogens is 280 g/mol. The number of amides is 1. The van der Waals surface area contributed by atoms with Gasteiger partial charge >= 0.3 is 0 Å². The molecule has 0 aromatic carbocycles. The highest BCUT2D eigenvalue weighted by molar-refractivity contribution is 5.93. The number of piperidine rings is 1. The van der Waals surface area contributed by atoms with Crippen LogP contribution in [0.1, 0.15) is 29.6 Å². The van der Waals surface area contributed by atoms with E-state index in [-0.39, 0.29) is 11.5 Å². The minimum Gasteiger partial charge on any atom is -0.339 e. The Bertz CT molecular complexity index is 649. The third kappa shape index (κ3) is 3.44. The van der Waals surface area contributed by atoms with E-state index in [2.05, 4.69) is 10.1 Å². The first-order valence-corrected chi connectivity index (χ1v) is 7.68. The zero-order valence-corrected chi connectivity index (χ0v) is 12.4.